The second kappa shape index (κ2) is 7.12. The fourth-order valence-corrected chi connectivity index (χ4v) is 2.27. The number of ether oxygens (including phenoxy) is 1. The van der Waals surface area contributed by atoms with Crippen molar-refractivity contribution in [2.24, 2.45) is 0 Å². The SMILES string of the molecule is CCOc1ccc(C(=O)N[C@@H](C)c2ccc(C)c(C)c2)cc1. The van der Waals surface area contributed by atoms with Crippen molar-refractivity contribution in [1.29, 1.82) is 0 Å². The lowest BCUT2D eigenvalue weighted by molar-refractivity contribution is 0.0940. The standard InChI is InChI=1S/C19H23NO2/c1-5-22-18-10-8-16(9-11-18)19(21)20-15(4)17-7-6-13(2)14(3)12-17/h6-12,15H,5H2,1-4H3,(H,20,21)/t15-/m0/s1. The molecule has 0 radical (unpaired) electrons. The Hall–Kier alpha value is -2.29. The Labute approximate surface area is 132 Å². The molecule has 1 atom stereocenters. The van der Waals surface area contributed by atoms with Crippen LogP contribution in [0.15, 0.2) is 42.5 Å². The predicted molar refractivity (Wildman–Crippen MR) is 89.4 cm³/mol. The predicted octanol–water partition coefficient (Wildman–Crippen LogP) is 4.19. The van der Waals surface area contributed by atoms with Gasteiger partial charge in [0.1, 0.15) is 5.75 Å². The molecule has 0 aromatic heterocycles. The van der Waals surface area contributed by atoms with Gasteiger partial charge < -0.3 is 10.1 Å². The quantitative estimate of drug-likeness (QED) is 0.898. The van der Waals surface area contributed by atoms with E-state index in [9.17, 15) is 4.79 Å². The second-order valence-corrected chi connectivity index (χ2v) is 5.50. The van der Waals surface area contributed by atoms with Crippen molar-refractivity contribution in [3.63, 3.8) is 0 Å². The number of rotatable bonds is 5. The lowest BCUT2D eigenvalue weighted by Gasteiger charge is -2.16. The number of amides is 1. The summed E-state index contributed by atoms with van der Waals surface area (Å²) in [4.78, 5) is 12.3. The molecule has 0 aliphatic carbocycles. The molecule has 0 aliphatic heterocycles. The number of carbonyl (C=O) groups is 1. The summed E-state index contributed by atoms with van der Waals surface area (Å²) >= 11 is 0. The molecule has 0 spiro atoms. The van der Waals surface area contributed by atoms with Crippen LogP contribution in [0.25, 0.3) is 0 Å². The van der Waals surface area contributed by atoms with Gasteiger partial charge in [0.2, 0.25) is 0 Å². The Morgan fingerprint density at radius 2 is 1.77 bits per heavy atom. The lowest BCUT2D eigenvalue weighted by Crippen LogP contribution is -2.26. The zero-order valence-corrected chi connectivity index (χ0v) is 13.6. The van der Waals surface area contributed by atoms with E-state index < -0.39 is 0 Å². The highest BCUT2D eigenvalue weighted by atomic mass is 16.5. The third-order valence-corrected chi connectivity index (χ3v) is 3.81. The highest BCUT2D eigenvalue weighted by Crippen LogP contribution is 2.18. The summed E-state index contributed by atoms with van der Waals surface area (Å²) in [6, 6.07) is 13.5. The molecule has 0 fully saturated rings. The van der Waals surface area contributed by atoms with Gasteiger partial charge in [-0.2, -0.15) is 0 Å². The average molecular weight is 297 g/mol. The fraction of sp³-hybridized carbons (Fsp3) is 0.316. The van der Waals surface area contributed by atoms with Gasteiger partial charge in [0.15, 0.2) is 0 Å². The largest absolute Gasteiger partial charge is 0.494 e. The zero-order chi connectivity index (χ0) is 16.1. The number of hydrogen-bond acceptors (Lipinski definition) is 2. The van der Waals surface area contributed by atoms with Crippen molar-refractivity contribution in [1.82, 2.24) is 5.32 Å². The average Bonchev–Trinajstić information content (AvgIpc) is 2.51. The molecule has 22 heavy (non-hydrogen) atoms. The van der Waals surface area contributed by atoms with Crippen molar-refractivity contribution in [2.75, 3.05) is 6.61 Å². The third kappa shape index (κ3) is 3.88. The molecule has 2 aromatic rings. The van der Waals surface area contributed by atoms with Gasteiger partial charge in [-0.25, -0.2) is 0 Å². The molecule has 0 bridgehead atoms. The summed E-state index contributed by atoms with van der Waals surface area (Å²) in [5.41, 5.74) is 4.25. The molecule has 3 nitrogen and oxygen atoms in total. The van der Waals surface area contributed by atoms with Crippen molar-refractivity contribution < 1.29 is 9.53 Å². The first-order valence-electron chi connectivity index (χ1n) is 7.62. The summed E-state index contributed by atoms with van der Waals surface area (Å²) in [6.45, 7) is 8.72. The van der Waals surface area contributed by atoms with Crippen LogP contribution in [0.4, 0.5) is 0 Å². The number of aryl methyl sites for hydroxylation is 2. The monoisotopic (exact) mass is 297 g/mol. The van der Waals surface area contributed by atoms with Crippen molar-refractivity contribution >= 4 is 5.91 Å². The van der Waals surface area contributed by atoms with Crippen LogP contribution in [0, 0.1) is 13.8 Å². The summed E-state index contributed by atoms with van der Waals surface area (Å²) in [5.74, 6) is 0.704. The van der Waals surface area contributed by atoms with E-state index in [1.165, 1.54) is 11.1 Å². The van der Waals surface area contributed by atoms with E-state index in [1.54, 1.807) is 12.1 Å². The van der Waals surface area contributed by atoms with Gasteiger partial charge in [0, 0.05) is 5.56 Å². The van der Waals surface area contributed by atoms with Gasteiger partial charge in [-0.1, -0.05) is 18.2 Å². The molecule has 0 aliphatic rings. The van der Waals surface area contributed by atoms with E-state index in [4.69, 9.17) is 4.74 Å². The Morgan fingerprint density at radius 3 is 2.36 bits per heavy atom. The van der Waals surface area contributed by atoms with E-state index in [0.29, 0.717) is 12.2 Å². The van der Waals surface area contributed by atoms with Gasteiger partial charge in [-0.3, -0.25) is 4.79 Å². The van der Waals surface area contributed by atoms with Crippen molar-refractivity contribution in [3.8, 4) is 5.75 Å². The molecule has 0 saturated carbocycles. The molecule has 0 heterocycles. The number of carbonyl (C=O) groups excluding carboxylic acids is 1. The fourth-order valence-electron chi connectivity index (χ4n) is 2.27. The first kappa shape index (κ1) is 16.1. The minimum absolute atomic E-state index is 0.0293. The Bertz CT molecular complexity index is 647. The molecule has 0 saturated heterocycles. The zero-order valence-electron chi connectivity index (χ0n) is 13.6. The molecular weight excluding hydrogens is 274 g/mol. The van der Waals surface area contributed by atoms with E-state index in [0.717, 1.165) is 11.3 Å². The maximum Gasteiger partial charge on any atom is 0.251 e. The summed E-state index contributed by atoms with van der Waals surface area (Å²) in [6.07, 6.45) is 0. The van der Waals surface area contributed by atoms with Crippen LogP contribution in [0.3, 0.4) is 0 Å². The smallest absolute Gasteiger partial charge is 0.251 e. The molecular formula is C19H23NO2. The van der Waals surface area contributed by atoms with Crippen LogP contribution in [-0.4, -0.2) is 12.5 Å². The number of nitrogens with one attached hydrogen (secondary N) is 1. The summed E-state index contributed by atoms with van der Waals surface area (Å²) in [5, 5.41) is 3.03. The van der Waals surface area contributed by atoms with Crippen LogP contribution >= 0.6 is 0 Å². The molecule has 0 unspecified atom stereocenters. The molecule has 1 amide bonds. The lowest BCUT2D eigenvalue weighted by atomic mass is 10.0. The van der Waals surface area contributed by atoms with Crippen LogP contribution in [0.1, 0.15) is 46.9 Å². The van der Waals surface area contributed by atoms with Crippen LogP contribution in [-0.2, 0) is 0 Å². The number of hydrogen-bond donors (Lipinski definition) is 1. The normalized spacial score (nSPS) is 11.8. The van der Waals surface area contributed by atoms with Gasteiger partial charge in [-0.15, -0.1) is 0 Å². The number of benzene rings is 2. The van der Waals surface area contributed by atoms with Gasteiger partial charge in [-0.05, 0) is 68.7 Å². The van der Waals surface area contributed by atoms with Crippen molar-refractivity contribution in [3.05, 3.63) is 64.7 Å². The highest BCUT2D eigenvalue weighted by Gasteiger charge is 2.12. The van der Waals surface area contributed by atoms with Gasteiger partial charge in [0.25, 0.3) is 5.91 Å². The van der Waals surface area contributed by atoms with E-state index in [2.05, 4.69) is 37.4 Å². The van der Waals surface area contributed by atoms with Gasteiger partial charge >= 0.3 is 0 Å². The topological polar surface area (TPSA) is 38.3 Å². The molecule has 1 N–H and O–H groups in total. The molecule has 3 heteroatoms. The van der Waals surface area contributed by atoms with E-state index in [1.807, 2.05) is 26.0 Å². The maximum atomic E-state index is 12.3. The van der Waals surface area contributed by atoms with Crippen LogP contribution in [0.2, 0.25) is 0 Å². The minimum Gasteiger partial charge on any atom is -0.494 e. The first-order valence-corrected chi connectivity index (χ1v) is 7.62. The van der Waals surface area contributed by atoms with E-state index >= 15 is 0 Å². The van der Waals surface area contributed by atoms with Crippen LogP contribution < -0.4 is 10.1 Å². The van der Waals surface area contributed by atoms with E-state index in [-0.39, 0.29) is 11.9 Å². The third-order valence-electron chi connectivity index (χ3n) is 3.81. The van der Waals surface area contributed by atoms with Crippen molar-refractivity contribution in [2.45, 2.75) is 33.7 Å². The summed E-state index contributed by atoms with van der Waals surface area (Å²) in [7, 11) is 0. The highest BCUT2D eigenvalue weighted by molar-refractivity contribution is 5.94. The Morgan fingerprint density at radius 1 is 1.09 bits per heavy atom. The summed E-state index contributed by atoms with van der Waals surface area (Å²) < 4.78 is 5.38. The van der Waals surface area contributed by atoms with Gasteiger partial charge in [0.05, 0.1) is 12.6 Å². The Kier molecular flexibility index (Phi) is 5.21. The maximum absolute atomic E-state index is 12.3. The molecule has 2 aromatic carbocycles. The first-order chi connectivity index (χ1) is 10.5. The molecule has 116 valence electrons. The Balaban J connectivity index is 2.05. The second-order valence-electron chi connectivity index (χ2n) is 5.50. The molecule has 2 rings (SSSR count). The van der Waals surface area contributed by atoms with Crippen LogP contribution in [0.5, 0.6) is 5.75 Å². The minimum atomic E-state index is -0.0752.